The minimum absolute atomic E-state index is 0.0946. The van der Waals surface area contributed by atoms with Gasteiger partial charge in [-0.1, -0.05) is 18.2 Å². The van der Waals surface area contributed by atoms with Gasteiger partial charge in [-0.3, -0.25) is 0 Å². The molecule has 1 saturated heterocycles. The van der Waals surface area contributed by atoms with Crippen LogP contribution in [0.4, 0.5) is 4.39 Å². The van der Waals surface area contributed by atoms with Gasteiger partial charge in [0.05, 0.1) is 17.6 Å². The third kappa shape index (κ3) is 3.02. The van der Waals surface area contributed by atoms with E-state index < -0.39 is 22.0 Å². The van der Waals surface area contributed by atoms with E-state index in [1.165, 1.54) is 6.07 Å². The minimum atomic E-state index is -3.17. The van der Waals surface area contributed by atoms with Crippen LogP contribution in [-0.2, 0) is 16.4 Å². The van der Waals surface area contributed by atoms with Crippen LogP contribution in [0.15, 0.2) is 24.3 Å². The van der Waals surface area contributed by atoms with E-state index in [-0.39, 0.29) is 23.9 Å². The molecule has 0 aliphatic carbocycles. The maximum Gasteiger partial charge on any atom is 0.154 e. The van der Waals surface area contributed by atoms with Gasteiger partial charge in [0.2, 0.25) is 0 Å². The van der Waals surface area contributed by atoms with Crippen molar-refractivity contribution >= 4 is 9.84 Å². The first-order valence-electron chi connectivity index (χ1n) is 5.33. The highest BCUT2D eigenvalue weighted by Crippen LogP contribution is 2.14. The van der Waals surface area contributed by atoms with Crippen LogP contribution in [0.1, 0.15) is 5.56 Å². The molecule has 2 N–H and O–H groups in total. The molecule has 0 amide bonds. The summed E-state index contributed by atoms with van der Waals surface area (Å²) in [6.45, 7) is 0.212. The quantitative estimate of drug-likeness (QED) is 0.806. The molecule has 94 valence electrons. The Hall–Kier alpha value is -0.980. The van der Waals surface area contributed by atoms with E-state index in [4.69, 9.17) is 0 Å². The van der Waals surface area contributed by atoms with Crippen LogP contribution in [0.2, 0.25) is 0 Å². The van der Waals surface area contributed by atoms with Crippen molar-refractivity contribution in [3.8, 4) is 0 Å². The van der Waals surface area contributed by atoms with E-state index >= 15 is 0 Å². The van der Waals surface area contributed by atoms with E-state index in [1.54, 1.807) is 18.2 Å². The summed E-state index contributed by atoms with van der Waals surface area (Å²) in [7, 11) is -3.17. The van der Waals surface area contributed by atoms with Crippen molar-refractivity contribution in [3.63, 3.8) is 0 Å². The fraction of sp³-hybridized carbons (Fsp3) is 0.455. The first kappa shape index (κ1) is 12.5. The van der Waals surface area contributed by atoms with Crippen molar-refractivity contribution in [1.29, 1.82) is 0 Å². The summed E-state index contributed by atoms with van der Waals surface area (Å²) in [5, 5.41) is 12.4. The number of aliphatic hydroxyl groups is 1. The van der Waals surface area contributed by atoms with Crippen LogP contribution in [0.25, 0.3) is 0 Å². The highest BCUT2D eigenvalue weighted by molar-refractivity contribution is 7.91. The summed E-state index contributed by atoms with van der Waals surface area (Å²) >= 11 is 0. The smallest absolute Gasteiger partial charge is 0.154 e. The summed E-state index contributed by atoms with van der Waals surface area (Å²) in [5.74, 6) is -0.653. The van der Waals surface area contributed by atoms with E-state index in [0.717, 1.165) is 0 Å². The summed E-state index contributed by atoms with van der Waals surface area (Å²) in [5.41, 5.74) is 0.462. The Labute approximate surface area is 99.4 Å². The molecule has 0 bridgehead atoms. The third-order valence-corrected chi connectivity index (χ3v) is 4.55. The van der Waals surface area contributed by atoms with Crippen LogP contribution in [0.3, 0.4) is 0 Å². The molecule has 4 nitrogen and oxygen atoms in total. The fourth-order valence-electron chi connectivity index (χ4n) is 1.91. The number of sulfone groups is 1. The molecule has 1 heterocycles. The summed E-state index contributed by atoms with van der Waals surface area (Å²) < 4.78 is 35.8. The Kier molecular flexibility index (Phi) is 3.46. The normalized spacial score (nSPS) is 27.2. The number of aliphatic hydroxyl groups excluding tert-OH is 1. The molecule has 2 rings (SSSR count). The Morgan fingerprint density at radius 2 is 2.06 bits per heavy atom. The van der Waals surface area contributed by atoms with Gasteiger partial charge in [0.25, 0.3) is 0 Å². The SMILES string of the molecule is O=S1(=O)C[C@H](O)[C@H](NCc2ccccc2F)C1. The van der Waals surface area contributed by atoms with E-state index in [9.17, 15) is 17.9 Å². The van der Waals surface area contributed by atoms with Crippen molar-refractivity contribution in [2.24, 2.45) is 0 Å². The molecule has 1 aromatic carbocycles. The number of nitrogens with one attached hydrogen (secondary N) is 1. The second-order valence-electron chi connectivity index (χ2n) is 4.22. The standard InChI is InChI=1S/C11H14FNO3S/c12-9-4-2-1-3-8(9)5-13-10-6-17(15,16)7-11(10)14/h1-4,10-11,13-14H,5-7H2/t10-,11+/m1/s1. The van der Waals surface area contributed by atoms with Gasteiger partial charge in [-0.2, -0.15) is 0 Å². The molecule has 0 unspecified atom stereocenters. The van der Waals surface area contributed by atoms with Crippen LogP contribution < -0.4 is 5.32 Å². The molecule has 17 heavy (non-hydrogen) atoms. The molecular weight excluding hydrogens is 245 g/mol. The highest BCUT2D eigenvalue weighted by atomic mass is 32.2. The molecular formula is C11H14FNO3S. The Morgan fingerprint density at radius 3 is 2.65 bits per heavy atom. The minimum Gasteiger partial charge on any atom is -0.390 e. The molecule has 0 spiro atoms. The largest absolute Gasteiger partial charge is 0.390 e. The van der Waals surface area contributed by atoms with Gasteiger partial charge in [0.1, 0.15) is 5.82 Å². The predicted molar refractivity (Wildman–Crippen MR) is 61.7 cm³/mol. The van der Waals surface area contributed by atoms with Gasteiger partial charge in [-0.25, -0.2) is 12.8 Å². The van der Waals surface area contributed by atoms with Crippen LogP contribution in [-0.4, -0.2) is 37.2 Å². The van der Waals surface area contributed by atoms with E-state index in [2.05, 4.69) is 5.32 Å². The van der Waals surface area contributed by atoms with Crippen LogP contribution in [0, 0.1) is 5.82 Å². The monoisotopic (exact) mass is 259 g/mol. The average Bonchev–Trinajstić information content (AvgIpc) is 2.51. The number of halogens is 1. The number of benzene rings is 1. The van der Waals surface area contributed by atoms with E-state index in [1.807, 2.05) is 0 Å². The van der Waals surface area contributed by atoms with Gasteiger partial charge in [-0.05, 0) is 6.07 Å². The second kappa shape index (κ2) is 4.72. The van der Waals surface area contributed by atoms with Crippen molar-refractivity contribution in [1.82, 2.24) is 5.32 Å². The third-order valence-electron chi connectivity index (χ3n) is 2.84. The fourth-order valence-corrected chi connectivity index (χ4v) is 3.68. The average molecular weight is 259 g/mol. The molecule has 1 fully saturated rings. The first-order valence-corrected chi connectivity index (χ1v) is 7.15. The van der Waals surface area contributed by atoms with Gasteiger partial charge >= 0.3 is 0 Å². The molecule has 2 atom stereocenters. The van der Waals surface area contributed by atoms with E-state index in [0.29, 0.717) is 5.56 Å². The Bertz CT molecular complexity index is 503. The van der Waals surface area contributed by atoms with Gasteiger partial charge in [0, 0.05) is 18.2 Å². The lowest BCUT2D eigenvalue weighted by atomic mass is 10.1. The lowest BCUT2D eigenvalue weighted by Crippen LogP contribution is -2.38. The molecule has 6 heteroatoms. The van der Waals surface area contributed by atoms with Crippen LogP contribution in [0.5, 0.6) is 0 Å². The van der Waals surface area contributed by atoms with Gasteiger partial charge in [-0.15, -0.1) is 0 Å². The van der Waals surface area contributed by atoms with Crippen LogP contribution >= 0.6 is 0 Å². The summed E-state index contributed by atoms with van der Waals surface area (Å²) in [6, 6.07) is 5.76. The zero-order valence-electron chi connectivity index (χ0n) is 9.14. The van der Waals surface area contributed by atoms with Gasteiger partial charge < -0.3 is 10.4 Å². The summed E-state index contributed by atoms with van der Waals surface area (Å²) in [4.78, 5) is 0. The number of hydrogen-bond acceptors (Lipinski definition) is 4. The molecule has 1 aromatic rings. The van der Waals surface area contributed by atoms with Crippen molar-refractivity contribution in [3.05, 3.63) is 35.6 Å². The van der Waals surface area contributed by atoms with Crippen molar-refractivity contribution in [2.75, 3.05) is 11.5 Å². The number of hydrogen-bond donors (Lipinski definition) is 2. The molecule has 1 aliphatic heterocycles. The topological polar surface area (TPSA) is 66.4 Å². The molecule has 1 aliphatic rings. The lowest BCUT2D eigenvalue weighted by Gasteiger charge is -2.14. The molecule has 0 aromatic heterocycles. The maximum absolute atomic E-state index is 13.3. The first-order chi connectivity index (χ1) is 7.98. The Balaban J connectivity index is 1.98. The van der Waals surface area contributed by atoms with Gasteiger partial charge in [0.15, 0.2) is 9.84 Å². The predicted octanol–water partition coefficient (Wildman–Crippen LogP) is 0.0732. The lowest BCUT2D eigenvalue weighted by molar-refractivity contribution is 0.165. The molecule has 0 radical (unpaired) electrons. The number of rotatable bonds is 3. The van der Waals surface area contributed by atoms with Crippen molar-refractivity contribution < 1.29 is 17.9 Å². The molecule has 0 saturated carbocycles. The summed E-state index contributed by atoms with van der Waals surface area (Å²) in [6.07, 6.45) is -0.910. The Morgan fingerprint density at radius 1 is 1.35 bits per heavy atom. The highest BCUT2D eigenvalue weighted by Gasteiger charge is 2.35. The van der Waals surface area contributed by atoms with Crippen molar-refractivity contribution in [2.45, 2.75) is 18.7 Å². The second-order valence-corrected chi connectivity index (χ2v) is 6.38. The maximum atomic E-state index is 13.3. The zero-order chi connectivity index (χ0) is 12.5. The zero-order valence-corrected chi connectivity index (χ0v) is 9.95.